The third-order valence-corrected chi connectivity index (χ3v) is 5.67. The van der Waals surface area contributed by atoms with Crippen LogP contribution in [-0.4, -0.2) is 30.9 Å². The first-order chi connectivity index (χ1) is 12.2. The van der Waals surface area contributed by atoms with Gasteiger partial charge in [-0.25, -0.2) is 4.98 Å². The van der Waals surface area contributed by atoms with Crippen molar-refractivity contribution in [2.24, 2.45) is 0 Å². The van der Waals surface area contributed by atoms with E-state index in [0.29, 0.717) is 11.6 Å². The molecule has 0 unspecified atom stereocenters. The Kier molecular flexibility index (Phi) is 5.83. The van der Waals surface area contributed by atoms with Crippen LogP contribution in [0.4, 0.5) is 5.13 Å². The van der Waals surface area contributed by atoms with Crippen molar-refractivity contribution in [1.82, 2.24) is 19.7 Å². The Morgan fingerprint density at radius 1 is 1.28 bits per heavy atom. The first-order valence-corrected chi connectivity index (χ1v) is 9.84. The smallest absolute Gasteiger partial charge is 0.239 e. The molecule has 1 amide bonds. The molecule has 0 saturated carbocycles. The molecule has 25 heavy (non-hydrogen) atoms. The molecule has 0 aliphatic rings. The summed E-state index contributed by atoms with van der Waals surface area (Å²) in [4.78, 5) is 16.6. The predicted octanol–water partition coefficient (Wildman–Crippen LogP) is 3.93. The van der Waals surface area contributed by atoms with E-state index in [1.807, 2.05) is 47.2 Å². The van der Waals surface area contributed by atoms with Crippen LogP contribution in [-0.2, 0) is 11.3 Å². The zero-order valence-electron chi connectivity index (χ0n) is 14.0. The van der Waals surface area contributed by atoms with E-state index in [0.717, 1.165) is 23.1 Å². The molecule has 6 nitrogen and oxygen atoms in total. The summed E-state index contributed by atoms with van der Waals surface area (Å²) >= 11 is 2.85. The average molecular weight is 374 g/mol. The third kappa shape index (κ3) is 4.08. The predicted molar refractivity (Wildman–Crippen MR) is 102 cm³/mol. The SMILES string of the molecule is CC[C@H](Sc1nnc(-c2ccccc2)n1CC)C(=O)Nc1nccs1. The van der Waals surface area contributed by atoms with Crippen LogP contribution in [0.1, 0.15) is 20.3 Å². The van der Waals surface area contributed by atoms with Crippen LogP contribution in [0.3, 0.4) is 0 Å². The van der Waals surface area contributed by atoms with Gasteiger partial charge >= 0.3 is 0 Å². The summed E-state index contributed by atoms with van der Waals surface area (Å²) in [5.41, 5.74) is 1.02. The highest BCUT2D eigenvalue weighted by Gasteiger charge is 2.23. The van der Waals surface area contributed by atoms with Gasteiger partial charge in [0.15, 0.2) is 16.1 Å². The monoisotopic (exact) mass is 373 g/mol. The van der Waals surface area contributed by atoms with Crippen molar-refractivity contribution in [2.45, 2.75) is 37.2 Å². The minimum Gasteiger partial charge on any atom is -0.302 e. The second-order valence-electron chi connectivity index (χ2n) is 5.26. The maximum Gasteiger partial charge on any atom is 0.239 e. The fourth-order valence-corrected chi connectivity index (χ4v) is 3.93. The van der Waals surface area contributed by atoms with Crippen molar-refractivity contribution < 1.29 is 4.79 Å². The normalized spacial score (nSPS) is 12.1. The number of carbonyl (C=O) groups is 1. The Morgan fingerprint density at radius 2 is 2.08 bits per heavy atom. The van der Waals surface area contributed by atoms with E-state index in [4.69, 9.17) is 0 Å². The van der Waals surface area contributed by atoms with E-state index in [9.17, 15) is 4.79 Å². The van der Waals surface area contributed by atoms with Crippen LogP contribution in [0.25, 0.3) is 11.4 Å². The van der Waals surface area contributed by atoms with Gasteiger partial charge in [-0.1, -0.05) is 49.0 Å². The molecule has 0 fully saturated rings. The maximum atomic E-state index is 12.5. The highest BCUT2D eigenvalue weighted by molar-refractivity contribution is 8.00. The minimum atomic E-state index is -0.248. The first kappa shape index (κ1) is 17.6. The van der Waals surface area contributed by atoms with E-state index in [-0.39, 0.29) is 11.2 Å². The number of carbonyl (C=O) groups excluding carboxylic acids is 1. The van der Waals surface area contributed by atoms with Gasteiger partial charge in [-0.2, -0.15) is 0 Å². The fraction of sp³-hybridized carbons (Fsp3) is 0.294. The number of thioether (sulfide) groups is 1. The molecule has 130 valence electrons. The van der Waals surface area contributed by atoms with Gasteiger partial charge in [0.25, 0.3) is 0 Å². The van der Waals surface area contributed by atoms with Gasteiger partial charge in [-0.05, 0) is 13.3 Å². The fourth-order valence-electron chi connectivity index (χ4n) is 2.38. The molecule has 1 N–H and O–H groups in total. The van der Waals surface area contributed by atoms with Gasteiger partial charge in [-0.15, -0.1) is 21.5 Å². The summed E-state index contributed by atoms with van der Waals surface area (Å²) in [5, 5.41) is 14.5. The number of hydrogen-bond acceptors (Lipinski definition) is 6. The Labute approximate surface area is 154 Å². The van der Waals surface area contributed by atoms with E-state index in [1.165, 1.54) is 23.1 Å². The number of hydrogen-bond donors (Lipinski definition) is 1. The maximum absolute atomic E-state index is 12.5. The van der Waals surface area contributed by atoms with Crippen molar-refractivity contribution in [1.29, 1.82) is 0 Å². The Balaban J connectivity index is 1.79. The van der Waals surface area contributed by atoms with E-state index >= 15 is 0 Å². The Bertz CT molecular complexity index is 817. The summed E-state index contributed by atoms with van der Waals surface area (Å²) < 4.78 is 2.04. The Morgan fingerprint density at radius 3 is 2.72 bits per heavy atom. The van der Waals surface area contributed by atoms with Crippen molar-refractivity contribution in [3.05, 3.63) is 41.9 Å². The summed E-state index contributed by atoms with van der Waals surface area (Å²) in [6, 6.07) is 9.95. The van der Waals surface area contributed by atoms with Crippen molar-refractivity contribution in [3.63, 3.8) is 0 Å². The van der Waals surface area contributed by atoms with Gasteiger partial charge in [0.05, 0.1) is 5.25 Å². The molecule has 2 aromatic heterocycles. The van der Waals surface area contributed by atoms with E-state index in [1.54, 1.807) is 6.20 Å². The molecule has 0 bridgehead atoms. The van der Waals surface area contributed by atoms with Gasteiger partial charge in [-0.3, -0.25) is 4.79 Å². The zero-order valence-corrected chi connectivity index (χ0v) is 15.7. The zero-order chi connectivity index (χ0) is 17.6. The summed E-state index contributed by atoms with van der Waals surface area (Å²) in [5.74, 6) is 0.759. The van der Waals surface area contributed by atoms with Gasteiger partial charge < -0.3 is 9.88 Å². The topological polar surface area (TPSA) is 72.7 Å². The largest absolute Gasteiger partial charge is 0.302 e. The quantitative estimate of drug-likeness (QED) is 0.635. The lowest BCUT2D eigenvalue weighted by Gasteiger charge is -2.14. The first-order valence-electron chi connectivity index (χ1n) is 8.08. The molecule has 0 radical (unpaired) electrons. The highest BCUT2D eigenvalue weighted by Crippen LogP contribution is 2.29. The van der Waals surface area contributed by atoms with Crippen LogP contribution in [0.5, 0.6) is 0 Å². The summed E-state index contributed by atoms with van der Waals surface area (Å²) in [6.45, 7) is 4.78. The number of benzene rings is 1. The molecule has 1 aromatic carbocycles. The molecule has 0 aliphatic heterocycles. The molecule has 0 spiro atoms. The van der Waals surface area contributed by atoms with Crippen LogP contribution >= 0.6 is 23.1 Å². The molecule has 8 heteroatoms. The number of rotatable bonds is 7. The number of nitrogens with zero attached hydrogens (tertiary/aromatic N) is 4. The minimum absolute atomic E-state index is 0.0608. The lowest BCUT2D eigenvalue weighted by Crippen LogP contribution is -2.25. The highest BCUT2D eigenvalue weighted by atomic mass is 32.2. The number of aromatic nitrogens is 4. The molecule has 3 rings (SSSR count). The summed E-state index contributed by atoms with van der Waals surface area (Å²) in [7, 11) is 0. The lowest BCUT2D eigenvalue weighted by molar-refractivity contribution is -0.115. The molecule has 0 saturated heterocycles. The van der Waals surface area contributed by atoms with E-state index in [2.05, 4.69) is 27.4 Å². The molecule has 0 aliphatic carbocycles. The second-order valence-corrected chi connectivity index (χ2v) is 7.32. The second kappa shape index (κ2) is 8.26. The van der Waals surface area contributed by atoms with Crippen LogP contribution < -0.4 is 5.32 Å². The van der Waals surface area contributed by atoms with E-state index < -0.39 is 0 Å². The Hall–Kier alpha value is -2.19. The van der Waals surface area contributed by atoms with Crippen molar-refractivity contribution in [3.8, 4) is 11.4 Å². The average Bonchev–Trinajstić information content (AvgIpc) is 3.29. The number of nitrogens with one attached hydrogen (secondary N) is 1. The van der Waals surface area contributed by atoms with Crippen LogP contribution in [0, 0.1) is 0 Å². The molecule has 2 heterocycles. The number of amides is 1. The van der Waals surface area contributed by atoms with Crippen molar-refractivity contribution in [2.75, 3.05) is 5.32 Å². The molecule has 3 aromatic rings. The van der Waals surface area contributed by atoms with Gasteiger partial charge in [0.1, 0.15) is 0 Å². The van der Waals surface area contributed by atoms with Gasteiger partial charge in [0, 0.05) is 23.7 Å². The molecular formula is C17H19N5OS2. The van der Waals surface area contributed by atoms with Crippen molar-refractivity contribution >= 4 is 34.1 Å². The third-order valence-electron chi connectivity index (χ3n) is 3.64. The van der Waals surface area contributed by atoms with Crippen LogP contribution in [0.15, 0.2) is 47.1 Å². The molecule has 1 atom stereocenters. The lowest BCUT2D eigenvalue weighted by atomic mass is 10.2. The number of thiazole rings is 1. The van der Waals surface area contributed by atoms with Gasteiger partial charge in [0.2, 0.25) is 5.91 Å². The molecular weight excluding hydrogens is 354 g/mol. The van der Waals surface area contributed by atoms with Crippen LogP contribution in [0.2, 0.25) is 0 Å². The number of anilines is 1. The standard InChI is InChI=1S/C17H19N5OS2/c1-3-13(15(23)19-16-18-10-11-24-16)25-17-21-20-14(22(17)4-2)12-8-6-5-7-9-12/h5-11,13H,3-4H2,1-2H3,(H,18,19,23)/t13-/m0/s1. The summed E-state index contributed by atoms with van der Waals surface area (Å²) in [6.07, 6.45) is 2.37.